The van der Waals surface area contributed by atoms with Gasteiger partial charge in [0.25, 0.3) is 0 Å². The Balaban J connectivity index is 1.94. The number of hydrogen-bond donors (Lipinski definition) is 2. The normalized spacial score (nSPS) is 15.3. The zero-order valence-electron chi connectivity index (χ0n) is 10.2. The molecular formula is C13H14ClFN2O2. The number of carbonyl (C=O) groups excluding carboxylic acids is 2. The molecule has 1 fully saturated rings. The van der Waals surface area contributed by atoms with Gasteiger partial charge in [-0.15, -0.1) is 0 Å². The van der Waals surface area contributed by atoms with Gasteiger partial charge in [-0.25, -0.2) is 4.39 Å². The van der Waals surface area contributed by atoms with E-state index in [1.54, 1.807) is 0 Å². The van der Waals surface area contributed by atoms with Crippen LogP contribution in [0.15, 0.2) is 18.2 Å². The van der Waals surface area contributed by atoms with Crippen LogP contribution in [0, 0.1) is 5.82 Å². The highest BCUT2D eigenvalue weighted by molar-refractivity contribution is 6.39. The molecule has 0 bridgehead atoms. The number of halogens is 2. The Morgan fingerprint density at radius 2 is 1.89 bits per heavy atom. The number of anilines is 1. The second-order valence-corrected chi connectivity index (χ2v) is 4.97. The van der Waals surface area contributed by atoms with E-state index in [-0.39, 0.29) is 16.8 Å². The number of carbonyl (C=O) groups is 2. The van der Waals surface area contributed by atoms with E-state index in [4.69, 9.17) is 11.6 Å². The Kier molecular flexibility index (Phi) is 4.37. The van der Waals surface area contributed by atoms with Crippen LogP contribution < -0.4 is 10.6 Å². The van der Waals surface area contributed by atoms with Crippen LogP contribution in [0.4, 0.5) is 10.1 Å². The molecule has 2 rings (SSSR count). The summed E-state index contributed by atoms with van der Waals surface area (Å²) in [6.07, 6.45) is 3.87. The molecular weight excluding hydrogens is 271 g/mol. The SMILES string of the molecule is O=C(Nc1ccc(Cl)cc1F)C(=O)NC1CCCC1. The average Bonchev–Trinajstić information content (AvgIpc) is 2.85. The highest BCUT2D eigenvalue weighted by Gasteiger charge is 2.22. The predicted octanol–water partition coefficient (Wildman–Crippen LogP) is 2.48. The molecule has 0 saturated heterocycles. The Hall–Kier alpha value is -1.62. The Labute approximate surface area is 115 Å². The molecule has 1 aliphatic rings. The summed E-state index contributed by atoms with van der Waals surface area (Å²) in [7, 11) is 0. The standard InChI is InChI=1S/C13H14ClFN2O2/c14-8-5-6-11(10(15)7-8)17-13(19)12(18)16-9-3-1-2-4-9/h5-7,9H,1-4H2,(H,16,18)(H,17,19). The third-order valence-electron chi connectivity index (χ3n) is 3.08. The van der Waals surface area contributed by atoms with Crippen LogP contribution in [0.5, 0.6) is 0 Å². The van der Waals surface area contributed by atoms with E-state index in [1.807, 2.05) is 0 Å². The monoisotopic (exact) mass is 284 g/mol. The largest absolute Gasteiger partial charge is 0.345 e. The van der Waals surface area contributed by atoms with E-state index >= 15 is 0 Å². The molecule has 1 aliphatic carbocycles. The maximum absolute atomic E-state index is 13.4. The minimum atomic E-state index is -0.867. The van der Waals surface area contributed by atoms with Crippen molar-refractivity contribution >= 4 is 29.1 Å². The third kappa shape index (κ3) is 3.67. The molecule has 0 radical (unpaired) electrons. The van der Waals surface area contributed by atoms with E-state index in [1.165, 1.54) is 12.1 Å². The van der Waals surface area contributed by atoms with Crippen LogP contribution in [0.2, 0.25) is 5.02 Å². The molecule has 0 unspecified atom stereocenters. The second kappa shape index (κ2) is 6.02. The van der Waals surface area contributed by atoms with Crippen molar-refractivity contribution in [2.75, 3.05) is 5.32 Å². The summed E-state index contributed by atoms with van der Waals surface area (Å²) in [5.74, 6) is -2.27. The fourth-order valence-electron chi connectivity index (χ4n) is 2.09. The molecule has 0 aliphatic heterocycles. The lowest BCUT2D eigenvalue weighted by molar-refractivity contribution is -0.136. The van der Waals surface area contributed by atoms with Crippen molar-refractivity contribution in [2.24, 2.45) is 0 Å². The van der Waals surface area contributed by atoms with Gasteiger partial charge in [-0.2, -0.15) is 0 Å². The number of hydrogen-bond acceptors (Lipinski definition) is 2. The van der Waals surface area contributed by atoms with Gasteiger partial charge in [0.1, 0.15) is 5.82 Å². The number of amides is 2. The van der Waals surface area contributed by atoms with Crippen molar-refractivity contribution in [3.8, 4) is 0 Å². The first kappa shape index (κ1) is 13.8. The van der Waals surface area contributed by atoms with Crippen molar-refractivity contribution in [1.82, 2.24) is 5.32 Å². The number of rotatable bonds is 2. The zero-order chi connectivity index (χ0) is 13.8. The fraction of sp³-hybridized carbons (Fsp3) is 0.385. The van der Waals surface area contributed by atoms with Crippen molar-refractivity contribution in [2.45, 2.75) is 31.7 Å². The molecule has 1 aromatic carbocycles. The van der Waals surface area contributed by atoms with Crippen LogP contribution in [0.3, 0.4) is 0 Å². The van der Waals surface area contributed by atoms with Gasteiger partial charge in [-0.05, 0) is 31.0 Å². The van der Waals surface area contributed by atoms with Crippen molar-refractivity contribution < 1.29 is 14.0 Å². The van der Waals surface area contributed by atoms with Gasteiger partial charge in [0, 0.05) is 11.1 Å². The van der Waals surface area contributed by atoms with Gasteiger partial charge in [-0.1, -0.05) is 24.4 Å². The van der Waals surface area contributed by atoms with E-state index in [2.05, 4.69) is 10.6 Å². The summed E-state index contributed by atoms with van der Waals surface area (Å²) in [6, 6.07) is 3.88. The number of benzene rings is 1. The van der Waals surface area contributed by atoms with Gasteiger partial charge < -0.3 is 10.6 Å². The molecule has 19 heavy (non-hydrogen) atoms. The fourth-order valence-corrected chi connectivity index (χ4v) is 2.25. The lowest BCUT2D eigenvalue weighted by atomic mass is 10.2. The molecule has 0 heterocycles. The highest BCUT2D eigenvalue weighted by atomic mass is 35.5. The summed E-state index contributed by atoms with van der Waals surface area (Å²) < 4.78 is 13.4. The van der Waals surface area contributed by atoms with Gasteiger partial charge in [0.2, 0.25) is 0 Å². The molecule has 0 aromatic heterocycles. The van der Waals surface area contributed by atoms with E-state index in [9.17, 15) is 14.0 Å². The molecule has 0 spiro atoms. The molecule has 1 saturated carbocycles. The first-order valence-corrected chi connectivity index (χ1v) is 6.51. The summed E-state index contributed by atoms with van der Waals surface area (Å²) in [6.45, 7) is 0. The van der Waals surface area contributed by atoms with E-state index in [0.717, 1.165) is 31.7 Å². The van der Waals surface area contributed by atoms with Crippen LogP contribution in [0.1, 0.15) is 25.7 Å². The van der Waals surface area contributed by atoms with Gasteiger partial charge in [0.05, 0.1) is 5.69 Å². The molecule has 2 N–H and O–H groups in total. The summed E-state index contributed by atoms with van der Waals surface area (Å²) >= 11 is 5.60. The topological polar surface area (TPSA) is 58.2 Å². The second-order valence-electron chi connectivity index (χ2n) is 4.53. The average molecular weight is 285 g/mol. The lowest BCUT2D eigenvalue weighted by Gasteiger charge is -2.12. The zero-order valence-corrected chi connectivity index (χ0v) is 11.0. The first-order chi connectivity index (χ1) is 9.06. The number of nitrogens with one attached hydrogen (secondary N) is 2. The molecule has 6 heteroatoms. The van der Waals surface area contributed by atoms with Gasteiger partial charge >= 0.3 is 11.8 Å². The molecule has 102 valence electrons. The Morgan fingerprint density at radius 1 is 1.21 bits per heavy atom. The van der Waals surface area contributed by atoms with Crippen LogP contribution >= 0.6 is 11.6 Å². The Bertz CT molecular complexity index is 501. The minimum Gasteiger partial charge on any atom is -0.345 e. The third-order valence-corrected chi connectivity index (χ3v) is 3.31. The van der Waals surface area contributed by atoms with Crippen molar-refractivity contribution in [3.63, 3.8) is 0 Å². The summed E-state index contributed by atoms with van der Waals surface area (Å²) in [4.78, 5) is 23.2. The quantitative estimate of drug-likeness (QED) is 0.820. The highest BCUT2D eigenvalue weighted by Crippen LogP contribution is 2.19. The van der Waals surface area contributed by atoms with Crippen LogP contribution in [-0.2, 0) is 9.59 Å². The smallest absolute Gasteiger partial charge is 0.313 e. The summed E-state index contributed by atoms with van der Waals surface area (Å²) in [5.41, 5.74) is -0.0593. The maximum atomic E-state index is 13.4. The molecule has 4 nitrogen and oxygen atoms in total. The van der Waals surface area contributed by atoms with Gasteiger partial charge in [0.15, 0.2) is 0 Å². The lowest BCUT2D eigenvalue weighted by Crippen LogP contribution is -2.40. The minimum absolute atomic E-state index is 0.0494. The molecule has 2 amide bonds. The molecule has 0 atom stereocenters. The van der Waals surface area contributed by atoms with Crippen LogP contribution in [0.25, 0.3) is 0 Å². The summed E-state index contributed by atoms with van der Waals surface area (Å²) in [5, 5.41) is 5.08. The van der Waals surface area contributed by atoms with E-state index in [0.29, 0.717) is 0 Å². The van der Waals surface area contributed by atoms with E-state index < -0.39 is 17.6 Å². The maximum Gasteiger partial charge on any atom is 0.313 e. The molecule has 1 aromatic rings. The van der Waals surface area contributed by atoms with Gasteiger partial charge in [-0.3, -0.25) is 9.59 Å². The van der Waals surface area contributed by atoms with Crippen LogP contribution in [-0.4, -0.2) is 17.9 Å². The Morgan fingerprint density at radius 3 is 2.53 bits per heavy atom. The van der Waals surface area contributed by atoms with Crippen molar-refractivity contribution in [3.05, 3.63) is 29.0 Å². The van der Waals surface area contributed by atoms with Crippen molar-refractivity contribution in [1.29, 1.82) is 0 Å². The predicted molar refractivity (Wildman–Crippen MR) is 70.4 cm³/mol. The first-order valence-electron chi connectivity index (χ1n) is 6.13.